The molecule has 0 saturated carbocycles. The Hall–Kier alpha value is -3.49. The number of hydrogen-bond donors (Lipinski definition) is 3. The van der Waals surface area contributed by atoms with E-state index in [9.17, 15) is 13.6 Å². The van der Waals surface area contributed by atoms with Gasteiger partial charge in [0.2, 0.25) is 0 Å². The van der Waals surface area contributed by atoms with Crippen molar-refractivity contribution in [3.63, 3.8) is 0 Å². The van der Waals surface area contributed by atoms with Crippen molar-refractivity contribution < 1.29 is 33.3 Å². The molecule has 31 heavy (non-hydrogen) atoms. The molecule has 0 aliphatic carbocycles. The normalized spacial score (nSPS) is 11.7. The van der Waals surface area contributed by atoms with Crippen LogP contribution in [0.1, 0.15) is 5.56 Å². The number of halogens is 2. The van der Waals surface area contributed by atoms with Gasteiger partial charge in [-0.3, -0.25) is 10.1 Å². The highest BCUT2D eigenvalue weighted by Crippen LogP contribution is 2.30. The average Bonchev–Trinajstić information content (AvgIpc) is 2.74. The van der Waals surface area contributed by atoms with Crippen LogP contribution < -0.4 is 14.8 Å². The second-order valence-corrected chi connectivity index (χ2v) is 6.71. The zero-order valence-electron chi connectivity index (χ0n) is 16.6. The summed E-state index contributed by atoms with van der Waals surface area (Å²) >= 11 is 0. The van der Waals surface area contributed by atoms with Gasteiger partial charge < -0.3 is 19.7 Å². The van der Waals surface area contributed by atoms with Crippen LogP contribution in [0.3, 0.4) is 0 Å². The molecule has 0 aliphatic rings. The van der Waals surface area contributed by atoms with Crippen molar-refractivity contribution in [3.8, 4) is 28.4 Å². The number of rotatable bonds is 9. The molecule has 3 N–H and O–H groups in total. The Morgan fingerprint density at radius 1 is 0.968 bits per heavy atom. The van der Waals surface area contributed by atoms with Gasteiger partial charge in [0, 0.05) is 30.3 Å². The van der Waals surface area contributed by atoms with Gasteiger partial charge in [-0.15, -0.1) is 0 Å². The molecule has 3 aromatic carbocycles. The number of aliphatic carboxylic acids is 1. The fraction of sp³-hybridized carbons (Fsp3) is 0.174. The van der Waals surface area contributed by atoms with Crippen molar-refractivity contribution in [1.29, 1.82) is 0 Å². The number of methoxy groups -OCH3 is 1. The third kappa shape index (κ3) is 5.78. The lowest BCUT2D eigenvalue weighted by Gasteiger charge is -2.15. The van der Waals surface area contributed by atoms with Crippen molar-refractivity contribution >= 4 is 5.97 Å². The first-order chi connectivity index (χ1) is 14.9. The quantitative estimate of drug-likeness (QED) is 0.477. The van der Waals surface area contributed by atoms with Crippen molar-refractivity contribution in [3.05, 3.63) is 77.9 Å². The molecule has 0 radical (unpaired) electrons. The maximum absolute atomic E-state index is 13.3. The van der Waals surface area contributed by atoms with Crippen LogP contribution in [0.4, 0.5) is 8.78 Å². The highest BCUT2D eigenvalue weighted by Gasteiger charge is 2.16. The molecule has 0 bridgehead atoms. The van der Waals surface area contributed by atoms with Gasteiger partial charge in [0.1, 0.15) is 34.9 Å². The van der Waals surface area contributed by atoms with Gasteiger partial charge >= 0.3 is 5.97 Å². The lowest BCUT2D eigenvalue weighted by molar-refractivity contribution is -0.140. The molecule has 0 aliphatic heterocycles. The predicted octanol–water partition coefficient (Wildman–Crippen LogP) is 3.97. The summed E-state index contributed by atoms with van der Waals surface area (Å²) in [6.07, 6.45) is 0. The standard InChI is InChI=1S/C23H21F2NO5/c1-30-22-8-15(2-3-16(22)12-26-21(13-27)23(28)29)14-4-6-19(7-5-14)31-20-10-17(24)9-18(25)11-20/h2-11,21,26-27H,12-13H2,1H3,(H,28,29)/t21-/m1/s1. The van der Waals surface area contributed by atoms with E-state index in [4.69, 9.17) is 19.7 Å². The summed E-state index contributed by atoms with van der Waals surface area (Å²) in [6.45, 7) is -0.315. The molecule has 0 spiro atoms. The second-order valence-electron chi connectivity index (χ2n) is 6.71. The monoisotopic (exact) mass is 429 g/mol. The molecule has 0 fully saturated rings. The van der Waals surface area contributed by atoms with Gasteiger partial charge in [-0.05, 0) is 29.3 Å². The van der Waals surface area contributed by atoms with Gasteiger partial charge in [0.05, 0.1) is 13.7 Å². The summed E-state index contributed by atoms with van der Waals surface area (Å²) in [5.41, 5.74) is 2.44. The number of aliphatic hydroxyl groups is 1. The van der Waals surface area contributed by atoms with E-state index < -0.39 is 30.3 Å². The molecule has 1 atom stereocenters. The van der Waals surface area contributed by atoms with E-state index >= 15 is 0 Å². The summed E-state index contributed by atoms with van der Waals surface area (Å²) in [4.78, 5) is 11.0. The van der Waals surface area contributed by atoms with Crippen LogP contribution in [-0.4, -0.2) is 35.9 Å². The highest BCUT2D eigenvalue weighted by atomic mass is 19.1. The van der Waals surface area contributed by atoms with Crippen LogP contribution in [0.2, 0.25) is 0 Å². The smallest absolute Gasteiger partial charge is 0.323 e. The summed E-state index contributed by atoms with van der Waals surface area (Å²) in [7, 11) is 1.51. The van der Waals surface area contributed by atoms with Crippen molar-refractivity contribution in [2.45, 2.75) is 12.6 Å². The lowest BCUT2D eigenvalue weighted by Crippen LogP contribution is -2.39. The highest BCUT2D eigenvalue weighted by molar-refractivity contribution is 5.73. The Kier molecular flexibility index (Phi) is 7.17. The minimum Gasteiger partial charge on any atom is -0.496 e. The molecule has 3 rings (SSSR count). The van der Waals surface area contributed by atoms with Crippen molar-refractivity contribution in [1.82, 2.24) is 5.32 Å². The van der Waals surface area contributed by atoms with E-state index in [1.807, 2.05) is 12.1 Å². The topological polar surface area (TPSA) is 88.0 Å². The molecule has 0 amide bonds. The number of hydrogen-bond acceptors (Lipinski definition) is 5. The second kappa shape index (κ2) is 10.0. The van der Waals surface area contributed by atoms with Gasteiger partial charge in [-0.1, -0.05) is 24.3 Å². The zero-order chi connectivity index (χ0) is 22.4. The number of carboxylic acids is 1. The minimum atomic E-state index is -1.14. The summed E-state index contributed by atoms with van der Waals surface area (Å²) < 4.78 is 37.5. The first-order valence-electron chi connectivity index (χ1n) is 9.38. The van der Waals surface area contributed by atoms with E-state index in [1.54, 1.807) is 30.3 Å². The number of ether oxygens (including phenoxy) is 2. The van der Waals surface area contributed by atoms with Crippen LogP contribution in [-0.2, 0) is 11.3 Å². The van der Waals surface area contributed by atoms with E-state index in [0.29, 0.717) is 11.5 Å². The largest absolute Gasteiger partial charge is 0.496 e. The maximum atomic E-state index is 13.3. The molecule has 0 aromatic heterocycles. The third-order valence-corrected chi connectivity index (χ3v) is 4.57. The van der Waals surface area contributed by atoms with Crippen molar-refractivity contribution in [2.24, 2.45) is 0 Å². The molecule has 0 saturated heterocycles. The lowest BCUT2D eigenvalue weighted by atomic mass is 10.0. The molecular formula is C23H21F2NO5. The minimum absolute atomic E-state index is 0.0614. The fourth-order valence-electron chi connectivity index (χ4n) is 2.97. The summed E-state index contributed by atoms with van der Waals surface area (Å²) in [5, 5.41) is 20.9. The van der Waals surface area contributed by atoms with Crippen LogP contribution in [0.25, 0.3) is 11.1 Å². The number of carbonyl (C=O) groups is 1. The predicted molar refractivity (Wildman–Crippen MR) is 110 cm³/mol. The first kappa shape index (κ1) is 22.2. The Labute approximate surface area is 177 Å². The average molecular weight is 429 g/mol. The van der Waals surface area contributed by atoms with Crippen LogP contribution in [0.5, 0.6) is 17.2 Å². The maximum Gasteiger partial charge on any atom is 0.323 e. The number of aliphatic hydroxyl groups excluding tert-OH is 1. The van der Waals surface area contributed by atoms with E-state index in [2.05, 4.69) is 5.32 Å². The SMILES string of the molecule is COc1cc(-c2ccc(Oc3cc(F)cc(F)c3)cc2)ccc1CN[C@H](CO)C(=O)O. The Balaban J connectivity index is 1.74. The zero-order valence-corrected chi connectivity index (χ0v) is 16.6. The first-order valence-corrected chi connectivity index (χ1v) is 9.38. The van der Waals surface area contributed by atoms with Crippen LogP contribution >= 0.6 is 0 Å². The Morgan fingerprint density at radius 2 is 1.61 bits per heavy atom. The van der Waals surface area contributed by atoms with Crippen molar-refractivity contribution in [2.75, 3.05) is 13.7 Å². The number of nitrogens with one attached hydrogen (secondary N) is 1. The Bertz CT molecular complexity index is 1040. The molecular weight excluding hydrogens is 408 g/mol. The van der Waals surface area contributed by atoms with Gasteiger partial charge in [0.15, 0.2) is 0 Å². The van der Waals surface area contributed by atoms with E-state index in [-0.39, 0.29) is 12.3 Å². The van der Waals surface area contributed by atoms with Crippen LogP contribution in [0, 0.1) is 11.6 Å². The van der Waals surface area contributed by atoms with Gasteiger partial charge in [-0.2, -0.15) is 0 Å². The molecule has 0 heterocycles. The van der Waals surface area contributed by atoms with Gasteiger partial charge in [0.25, 0.3) is 0 Å². The Morgan fingerprint density at radius 3 is 2.19 bits per heavy atom. The van der Waals surface area contributed by atoms with E-state index in [1.165, 1.54) is 7.11 Å². The molecule has 0 unspecified atom stereocenters. The van der Waals surface area contributed by atoms with Crippen LogP contribution in [0.15, 0.2) is 60.7 Å². The fourth-order valence-corrected chi connectivity index (χ4v) is 2.97. The molecule has 3 aromatic rings. The summed E-state index contributed by atoms with van der Waals surface area (Å²) in [5.74, 6) is -1.54. The van der Waals surface area contributed by atoms with Gasteiger partial charge in [-0.25, -0.2) is 8.78 Å². The molecule has 8 heteroatoms. The number of benzene rings is 3. The summed E-state index contributed by atoms with van der Waals surface area (Å²) in [6, 6.07) is 14.3. The van der Waals surface area contributed by atoms with E-state index in [0.717, 1.165) is 34.9 Å². The number of carboxylic acid groups (broad SMARTS) is 1. The third-order valence-electron chi connectivity index (χ3n) is 4.57. The molecule has 162 valence electrons. The molecule has 6 nitrogen and oxygen atoms in total.